The molecule has 1 heterocycles. The van der Waals surface area contributed by atoms with E-state index in [-0.39, 0.29) is 5.60 Å². The van der Waals surface area contributed by atoms with E-state index in [1.54, 1.807) is 0 Å². The van der Waals surface area contributed by atoms with Crippen LogP contribution < -0.4 is 0 Å². The summed E-state index contributed by atoms with van der Waals surface area (Å²) in [6.07, 6.45) is 2.68. The van der Waals surface area contributed by atoms with Crippen LogP contribution in [0.25, 0.3) is 0 Å². The van der Waals surface area contributed by atoms with Crippen LogP contribution in [0.5, 0.6) is 0 Å². The third-order valence-electron chi connectivity index (χ3n) is 2.14. The molecule has 0 bridgehead atoms. The van der Waals surface area contributed by atoms with Gasteiger partial charge in [0.05, 0.1) is 22.0 Å². The number of aromatic nitrogens is 2. The van der Waals surface area contributed by atoms with Gasteiger partial charge in [-0.05, 0) is 36.7 Å². The van der Waals surface area contributed by atoms with E-state index < -0.39 is 0 Å². The highest BCUT2D eigenvalue weighted by atomic mass is 79.9. The van der Waals surface area contributed by atoms with Crippen LogP contribution in [0.15, 0.2) is 10.7 Å². The highest BCUT2D eigenvalue weighted by Gasteiger charge is 2.21. The van der Waals surface area contributed by atoms with Crippen LogP contribution in [0.4, 0.5) is 0 Å². The third kappa shape index (κ3) is 2.82. The molecule has 0 aliphatic carbocycles. The molecule has 0 N–H and O–H groups in total. The van der Waals surface area contributed by atoms with E-state index in [9.17, 15) is 0 Å². The first-order valence-electron chi connectivity index (χ1n) is 4.76. The quantitative estimate of drug-likeness (QED) is 0.832. The molecule has 0 saturated carbocycles. The zero-order chi connectivity index (χ0) is 10.8. The van der Waals surface area contributed by atoms with Gasteiger partial charge in [0.1, 0.15) is 0 Å². The summed E-state index contributed by atoms with van der Waals surface area (Å²) in [5, 5.41) is 4.17. The molecule has 14 heavy (non-hydrogen) atoms. The monoisotopic (exact) mass is 260 g/mol. The van der Waals surface area contributed by atoms with Crippen molar-refractivity contribution in [3.63, 3.8) is 0 Å². The summed E-state index contributed by atoms with van der Waals surface area (Å²) in [4.78, 5) is 0. The second-order valence-corrected chi connectivity index (χ2v) is 4.79. The summed E-state index contributed by atoms with van der Waals surface area (Å²) in [5.74, 6) is 0. The average Bonchev–Trinajstić information content (AvgIpc) is 2.35. The Bertz CT molecular complexity index is 288. The Morgan fingerprint density at radius 1 is 1.57 bits per heavy atom. The van der Waals surface area contributed by atoms with Crippen molar-refractivity contribution in [1.82, 2.24) is 9.78 Å². The van der Waals surface area contributed by atoms with E-state index in [2.05, 4.69) is 34.9 Å². The molecule has 0 unspecified atom stereocenters. The van der Waals surface area contributed by atoms with Gasteiger partial charge < -0.3 is 4.74 Å². The molecule has 1 rings (SSSR count). The molecule has 0 spiro atoms. The first-order valence-corrected chi connectivity index (χ1v) is 5.56. The van der Waals surface area contributed by atoms with Crippen LogP contribution in [-0.4, -0.2) is 22.0 Å². The lowest BCUT2D eigenvalue weighted by molar-refractivity contribution is -0.0107. The Morgan fingerprint density at radius 2 is 2.21 bits per heavy atom. The average molecular weight is 261 g/mol. The predicted octanol–water partition coefficient (Wildman–Crippen LogP) is 2.54. The van der Waals surface area contributed by atoms with Crippen molar-refractivity contribution in [2.24, 2.45) is 7.05 Å². The molecule has 0 aliphatic heterocycles. The Balaban J connectivity index is 2.77. The van der Waals surface area contributed by atoms with Gasteiger partial charge in [0, 0.05) is 20.1 Å². The van der Waals surface area contributed by atoms with Crippen molar-refractivity contribution >= 4 is 15.9 Å². The molecule has 0 fully saturated rings. The number of aryl methyl sites for hydroxylation is 1. The fraction of sp³-hybridized carbons (Fsp3) is 0.700. The van der Waals surface area contributed by atoms with Gasteiger partial charge in [-0.3, -0.25) is 4.68 Å². The maximum atomic E-state index is 5.65. The first-order chi connectivity index (χ1) is 6.46. The zero-order valence-electron chi connectivity index (χ0n) is 9.17. The van der Waals surface area contributed by atoms with Crippen LogP contribution in [-0.2, 0) is 18.2 Å². The van der Waals surface area contributed by atoms with E-state index >= 15 is 0 Å². The molecule has 80 valence electrons. The highest BCUT2D eigenvalue weighted by Crippen LogP contribution is 2.22. The summed E-state index contributed by atoms with van der Waals surface area (Å²) < 4.78 is 8.58. The number of halogens is 1. The molecule has 0 radical (unpaired) electrons. The highest BCUT2D eigenvalue weighted by molar-refractivity contribution is 9.10. The third-order valence-corrected chi connectivity index (χ3v) is 2.80. The molecule has 3 nitrogen and oxygen atoms in total. The van der Waals surface area contributed by atoms with Crippen molar-refractivity contribution in [2.45, 2.75) is 32.8 Å². The zero-order valence-corrected chi connectivity index (χ0v) is 10.8. The molecule has 0 aromatic carbocycles. The smallest absolute Gasteiger partial charge is 0.0681 e. The molecule has 4 heteroatoms. The molecular weight excluding hydrogens is 244 g/mol. The van der Waals surface area contributed by atoms with Crippen LogP contribution in [0, 0.1) is 0 Å². The van der Waals surface area contributed by atoms with E-state index in [1.807, 2.05) is 24.9 Å². The minimum absolute atomic E-state index is 0.134. The van der Waals surface area contributed by atoms with Crippen molar-refractivity contribution in [1.29, 1.82) is 0 Å². The molecule has 0 atom stereocenters. The van der Waals surface area contributed by atoms with Crippen LogP contribution in [0.3, 0.4) is 0 Å². The van der Waals surface area contributed by atoms with Crippen molar-refractivity contribution < 1.29 is 4.74 Å². The van der Waals surface area contributed by atoms with Gasteiger partial charge >= 0.3 is 0 Å². The van der Waals surface area contributed by atoms with Crippen LogP contribution >= 0.6 is 15.9 Å². The number of ether oxygens (including phenoxy) is 1. The van der Waals surface area contributed by atoms with Crippen molar-refractivity contribution in [2.75, 3.05) is 6.61 Å². The second kappa shape index (κ2) is 4.45. The van der Waals surface area contributed by atoms with E-state index in [1.165, 1.54) is 5.69 Å². The molecule has 0 amide bonds. The number of nitrogens with zero attached hydrogens (tertiary/aromatic N) is 2. The summed E-state index contributed by atoms with van der Waals surface area (Å²) in [7, 11) is 1.95. The molecule has 0 aliphatic rings. The maximum absolute atomic E-state index is 5.65. The molecular formula is C10H17BrN2O. The van der Waals surface area contributed by atoms with Crippen molar-refractivity contribution in [3.05, 3.63) is 16.4 Å². The Hall–Kier alpha value is -0.350. The summed E-state index contributed by atoms with van der Waals surface area (Å²) in [5.41, 5.74) is 1.04. The largest absolute Gasteiger partial charge is 0.375 e. The lowest BCUT2D eigenvalue weighted by Crippen LogP contribution is -2.28. The SMILES string of the molecule is CCOC(C)(C)Cc1c(Br)cnn1C. The molecule has 1 aromatic heterocycles. The molecule has 1 aromatic rings. The number of hydrogen-bond acceptors (Lipinski definition) is 2. The van der Waals surface area contributed by atoms with E-state index in [0.29, 0.717) is 0 Å². The lowest BCUT2D eigenvalue weighted by Gasteiger charge is -2.24. The Morgan fingerprint density at radius 3 is 2.64 bits per heavy atom. The molecule has 0 saturated heterocycles. The number of rotatable bonds is 4. The second-order valence-electron chi connectivity index (χ2n) is 3.93. The predicted molar refractivity (Wildman–Crippen MR) is 60.3 cm³/mol. The Kier molecular flexibility index (Phi) is 3.72. The minimum atomic E-state index is -0.134. The first kappa shape index (κ1) is 11.7. The topological polar surface area (TPSA) is 27.1 Å². The van der Waals surface area contributed by atoms with Crippen LogP contribution in [0.2, 0.25) is 0 Å². The normalized spacial score (nSPS) is 12.1. The summed E-state index contributed by atoms with van der Waals surface area (Å²) in [6.45, 7) is 6.94. The van der Waals surface area contributed by atoms with Gasteiger partial charge in [0.25, 0.3) is 0 Å². The summed E-state index contributed by atoms with van der Waals surface area (Å²) >= 11 is 3.48. The van der Waals surface area contributed by atoms with Crippen molar-refractivity contribution in [3.8, 4) is 0 Å². The lowest BCUT2D eigenvalue weighted by atomic mass is 10.0. The fourth-order valence-corrected chi connectivity index (χ4v) is 1.97. The number of hydrogen-bond donors (Lipinski definition) is 0. The van der Waals surface area contributed by atoms with Gasteiger partial charge in [0.2, 0.25) is 0 Å². The van der Waals surface area contributed by atoms with Gasteiger partial charge in [-0.1, -0.05) is 0 Å². The van der Waals surface area contributed by atoms with E-state index in [4.69, 9.17) is 4.74 Å². The fourth-order valence-electron chi connectivity index (χ4n) is 1.48. The van der Waals surface area contributed by atoms with Gasteiger partial charge in [-0.15, -0.1) is 0 Å². The minimum Gasteiger partial charge on any atom is -0.375 e. The Labute approximate surface area is 93.6 Å². The standard InChI is InChI=1S/C10H17BrN2O/c1-5-14-10(2,3)6-9-8(11)7-12-13(9)4/h7H,5-6H2,1-4H3. The van der Waals surface area contributed by atoms with E-state index in [0.717, 1.165) is 17.5 Å². The maximum Gasteiger partial charge on any atom is 0.0681 e. The van der Waals surface area contributed by atoms with Gasteiger partial charge in [-0.25, -0.2) is 0 Å². The van der Waals surface area contributed by atoms with Crippen LogP contribution in [0.1, 0.15) is 26.5 Å². The van der Waals surface area contributed by atoms with Gasteiger partial charge in [-0.2, -0.15) is 5.10 Å². The summed E-state index contributed by atoms with van der Waals surface area (Å²) in [6, 6.07) is 0. The van der Waals surface area contributed by atoms with Gasteiger partial charge in [0.15, 0.2) is 0 Å².